The van der Waals surface area contributed by atoms with Crippen molar-refractivity contribution < 1.29 is 24.2 Å². The minimum Gasteiger partial charge on any atom is -0.480 e. The number of aliphatic carboxylic acids is 1. The van der Waals surface area contributed by atoms with E-state index in [1.54, 1.807) is 0 Å². The fourth-order valence-corrected chi connectivity index (χ4v) is 3.57. The third kappa shape index (κ3) is 8.56. The predicted molar refractivity (Wildman–Crippen MR) is 125 cm³/mol. The van der Waals surface area contributed by atoms with Gasteiger partial charge in [0.2, 0.25) is 5.91 Å². The largest absolute Gasteiger partial charge is 0.480 e. The predicted octanol–water partition coefficient (Wildman–Crippen LogP) is 3.74. The molecule has 2 atom stereocenters. The van der Waals surface area contributed by atoms with E-state index in [-0.39, 0.29) is 18.9 Å². The number of nitrogens with one attached hydrogen (secondary N) is 2. The third-order valence-corrected chi connectivity index (χ3v) is 5.58. The van der Waals surface area contributed by atoms with E-state index >= 15 is 0 Å². The minimum atomic E-state index is -1.14. The quantitative estimate of drug-likeness (QED) is 0.400. The third-order valence-electron chi connectivity index (χ3n) is 4.52. The van der Waals surface area contributed by atoms with Crippen LogP contribution in [0, 0.1) is 9.49 Å². The minimum absolute atomic E-state index is 0.0763. The zero-order chi connectivity index (χ0) is 22.8. The lowest BCUT2D eigenvalue weighted by atomic mass is 10.0. The number of halogens is 1. The van der Waals surface area contributed by atoms with Crippen LogP contribution in [-0.2, 0) is 27.4 Å². The maximum atomic E-state index is 12.8. The lowest BCUT2D eigenvalue weighted by molar-refractivity contribution is -0.142. The first kappa shape index (κ1) is 24.6. The molecule has 3 N–H and O–H groups in total. The maximum absolute atomic E-state index is 12.8. The lowest BCUT2D eigenvalue weighted by Gasteiger charge is -2.23. The summed E-state index contributed by atoms with van der Waals surface area (Å²) in [4.78, 5) is 36.8. The Morgan fingerprint density at radius 1 is 0.968 bits per heavy atom. The molecule has 31 heavy (non-hydrogen) atoms. The Morgan fingerprint density at radius 3 is 2.23 bits per heavy atom. The van der Waals surface area contributed by atoms with Crippen LogP contribution in [0.15, 0.2) is 54.6 Å². The summed E-state index contributed by atoms with van der Waals surface area (Å²) in [6.45, 7) is 3.91. The number of rotatable bonds is 10. The SMILES string of the molecule is CC(C)C[C@H](NC(=O)OCc1ccccc1)C(=O)N[C@@H](Cc1ccccc1I)C(=O)O. The van der Waals surface area contributed by atoms with Crippen molar-refractivity contribution in [1.82, 2.24) is 10.6 Å². The summed E-state index contributed by atoms with van der Waals surface area (Å²) in [5, 5.41) is 14.7. The highest BCUT2D eigenvalue weighted by Gasteiger charge is 2.28. The maximum Gasteiger partial charge on any atom is 0.408 e. The van der Waals surface area contributed by atoms with Gasteiger partial charge in [-0.3, -0.25) is 4.79 Å². The molecular weight excluding hydrogens is 511 g/mol. The van der Waals surface area contributed by atoms with E-state index in [0.717, 1.165) is 14.7 Å². The van der Waals surface area contributed by atoms with Gasteiger partial charge in [-0.25, -0.2) is 9.59 Å². The van der Waals surface area contributed by atoms with Gasteiger partial charge in [0, 0.05) is 9.99 Å². The summed E-state index contributed by atoms with van der Waals surface area (Å²) in [6, 6.07) is 14.6. The zero-order valence-electron chi connectivity index (χ0n) is 17.5. The van der Waals surface area contributed by atoms with Crippen LogP contribution in [0.25, 0.3) is 0 Å². The molecule has 0 bridgehead atoms. The van der Waals surface area contributed by atoms with Crippen molar-refractivity contribution in [2.24, 2.45) is 5.92 Å². The number of benzene rings is 2. The van der Waals surface area contributed by atoms with Gasteiger partial charge in [-0.1, -0.05) is 62.4 Å². The molecule has 0 aliphatic rings. The molecule has 0 aliphatic carbocycles. The number of hydrogen-bond donors (Lipinski definition) is 3. The van der Waals surface area contributed by atoms with Crippen molar-refractivity contribution in [1.29, 1.82) is 0 Å². The van der Waals surface area contributed by atoms with Gasteiger partial charge in [0.05, 0.1) is 0 Å². The van der Waals surface area contributed by atoms with Gasteiger partial charge in [0.1, 0.15) is 18.7 Å². The summed E-state index contributed by atoms with van der Waals surface area (Å²) in [6.07, 6.45) is -0.233. The van der Waals surface area contributed by atoms with Crippen molar-refractivity contribution in [2.75, 3.05) is 0 Å². The first-order chi connectivity index (χ1) is 14.8. The standard InChI is InChI=1S/C23H27IN2O5/c1-15(2)12-19(26-23(30)31-14-16-8-4-3-5-9-16)21(27)25-20(22(28)29)13-17-10-6-7-11-18(17)24/h3-11,15,19-20H,12-14H2,1-2H3,(H,25,27)(H,26,30)(H,28,29)/t19-,20-/m0/s1. The average Bonchev–Trinajstić information content (AvgIpc) is 2.73. The molecule has 2 aromatic carbocycles. The molecule has 2 rings (SSSR count). The van der Waals surface area contributed by atoms with Crippen LogP contribution in [-0.4, -0.2) is 35.2 Å². The highest BCUT2D eigenvalue weighted by molar-refractivity contribution is 14.1. The Labute approximate surface area is 195 Å². The van der Waals surface area contributed by atoms with E-state index in [4.69, 9.17) is 4.74 Å². The van der Waals surface area contributed by atoms with Crippen LogP contribution in [0.3, 0.4) is 0 Å². The molecule has 7 nitrogen and oxygen atoms in total. The molecule has 0 saturated heterocycles. The van der Waals surface area contributed by atoms with E-state index in [1.807, 2.05) is 68.4 Å². The van der Waals surface area contributed by atoms with Gasteiger partial charge in [0.25, 0.3) is 0 Å². The van der Waals surface area contributed by atoms with E-state index in [1.165, 1.54) is 0 Å². The van der Waals surface area contributed by atoms with Gasteiger partial charge in [-0.15, -0.1) is 0 Å². The van der Waals surface area contributed by atoms with Crippen LogP contribution < -0.4 is 10.6 Å². The molecule has 8 heteroatoms. The molecule has 0 spiro atoms. The topological polar surface area (TPSA) is 105 Å². The number of alkyl carbamates (subject to hydrolysis) is 1. The Bertz CT molecular complexity index is 889. The molecule has 2 amide bonds. The lowest BCUT2D eigenvalue weighted by Crippen LogP contribution is -2.52. The monoisotopic (exact) mass is 538 g/mol. The molecule has 0 unspecified atom stereocenters. The zero-order valence-corrected chi connectivity index (χ0v) is 19.7. The molecule has 166 valence electrons. The summed E-state index contributed by atoms with van der Waals surface area (Å²) >= 11 is 2.13. The average molecular weight is 538 g/mol. The van der Waals surface area contributed by atoms with Crippen LogP contribution in [0.5, 0.6) is 0 Å². The van der Waals surface area contributed by atoms with Gasteiger partial charge >= 0.3 is 12.1 Å². The Balaban J connectivity index is 2.01. The molecule has 0 saturated carbocycles. The highest BCUT2D eigenvalue weighted by Crippen LogP contribution is 2.14. The summed E-state index contributed by atoms with van der Waals surface area (Å²) in [5.74, 6) is -1.59. The highest BCUT2D eigenvalue weighted by atomic mass is 127. The van der Waals surface area contributed by atoms with Crippen LogP contribution in [0.4, 0.5) is 4.79 Å². The first-order valence-corrected chi connectivity index (χ1v) is 11.1. The molecule has 2 aromatic rings. The molecule has 0 aromatic heterocycles. The molecule has 0 aliphatic heterocycles. The second-order valence-electron chi connectivity index (χ2n) is 7.58. The van der Waals surface area contributed by atoms with Crippen molar-refractivity contribution in [3.8, 4) is 0 Å². The number of hydrogen-bond acceptors (Lipinski definition) is 4. The van der Waals surface area contributed by atoms with Gasteiger partial charge in [-0.2, -0.15) is 0 Å². The number of ether oxygens (including phenoxy) is 1. The van der Waals surface area contributed by atoms with E-state index in [0.29, 0.717) is 6.42 Å². The van der Waals surface area contributed by atoms with Crippen LogP contribution in [0.1, 0.15) is 31.4 Å². The number of carbonyl (C=O) groups excluding carboxylic acids is 2. The fourth-order valence-electron chi connectivity index (χ4n) is 2.97. The summed E-state index contributed by atoms with van der Waals surface area (Å²) in [5.41, 5.74) is 1.65. The Morgan fingerprint density at radius 2 is 1.61 bits per heavy atom. The Kier molecular flexibility index (Phi) is 9.77. The van der Waals surface area contributed by atoms with Crippen molar-refractivity contribution >= 4 is 40.6 Å². The van der Waals surface area contributed by atoms with Gasteiger partial charge < -0.3 is 20.5 Å². The van der Waals surface area contributed by atoms with Crippen molar-refractivity contribution in [3.63, 3.8) is 0 Å². The van der Waals surface area contributed by atoms with Crippen LogP contribution >= 0.6 is 22.6 Å². The Hall–Kier alpha value is -2.62. The first-order valence-electron chi connectivity index (χ1n) is 10.00. The van der Waals surface area contributed by atoms with Gasteiger partial charge in [-0.05, 0) is 52.1 Å². The molecular formula is C23H27IN2O5. The van der Waals surface area contributed by atoms with Crippen molar-refractivity contribution in [2.45, 2.75) is 45.4 Å². The smallest absolute Gasteiger partial charge is 0.408 e. The van der Waals surface area contributed by atoms with E-state index < -0.39 is 30.1 Å². The van der Waals surface area contributed by atoms with Crippen LogP contribution in [0.2, 0.25) is 0 Å². The number of amides is 2. The second kappa shape index (κ2) is 12.3. The van der Waals surface area contributed by atoms with E-state index in [9.17, 15) is 19.5 Å². The number of carboxylic acids is 1. The van der Waals surface area contributed by atoms with E-state index in [2.05, 4.69) is 33.2 Å². The molecule has 0 heterocycles. The molecule has 0 radical (unpaired) electrons. The molecule has 0 fully saturated rings. The number of carboxylic acid groups (broad SMARTS) is 1. The van der Waals surface area contributed by atoms with Gasteiger partial charge in [0.15, 0.2) is 0 Å². The normalized spacial score (nSPS) is 12.6. The number of carbonyl (C=O) groups is 3. The second-order valence-corrected chi connectivity index (χ2v) is 8.75. The summed E-state index contributed by atoms with van der Waals surface area (Å²) in [7, 11) is 0. The summed E-state index contributed by atoms with van der Waals surface area (Å²) < 4.78 is 6.13. The fraction of sp³-hybridized carbons (Fsp3) is 0.348. The van der Waals surface area contributed by atoms with Crippen molar-refractivity contribution in [3.05, 3.63) is 69.3 Å².